The molecule has 4 heteroatoms. The standard InChI is InChI=1S/C12H14ClNO2/c13-6-4-11(15)12(16)9-2-1-3-10-8(9)5-7-14-10/h1-3,5,7,11-12,14-16H,4,6H2. The van der Waals surface area contributed by atoms with Crippen LogP contribution < -0.4 is 0 Å². The Bertz CT molecular complexity index is 469. The van der Waals surface area contributed by atoms with Crippen LogP contribution in [0.2, 0.25) is 0 Å². The molecule has 86 valence electrons. The molecule has 0 aliphatic heterocycles. The van der Waals surface area contributed by atoms with Crippen LogP contribution in [0.25, 0.3) is 10.9 Å². The molecule has 2 atom stereocenters. The minimum atomic E-state index is -0.891. The largest absolute Gasteiger partial charge is 0.390 e. The minimum absolute atomic E-state index is 0.335. The fourth-order valence-electron chi connectivity index (χ4n) is 1.84. The van der Waals surface area contributed by atoms with Gasteiger partial charge in [-0.25, -0.2) is 0 Å². The number of aromatic amines is 1. The van der Waals surface area contributed by atoms with Gasteiger partial charge in [0, 0.05) is 23.0 Å². The van der Waals surface area contributed by atoms with Crippen molar-refractivity contribution in [3.05, 3.63) is 36.0 Å². The number of aliphatic hydroxyl groups is 2. The lowest BCUT2D eigenvalue weighted by molar-refractivity contribution is 0.0179. The van der Waals surface area contributed by atoms with E-state index in [4.69, 9.17) is 11.6 Å². The molecule has 16 heavy (non-hydrogen) atoms. The monoisotopic (exact) mass is 239 g/mol. The van der Waals surface area contributed by atoms with Crippen molar-refractivity contribution in [2.75, 3.05) is 5.88 Å². The average Bonchev–Trinajstić information content (AvgIpc) is 2.76. The van der Waals surface area contributed by atoms with Crippen LogP contribution in [-0.2, 0) is 0 Å². The number of aliphatic hydroxyl groups excluding tert-OH is 2. The van der Waals surface area contributed by atoms with Crippen LogP contribution in [0, 0.1) is 0 Å². The molecule has 0 amide bonds. The highest BCUT2D eigenvalue weighted by atomic mass is 35.5. The predicted molar refractivity (Wildman–Crippen MR) is 64.6 cm³/mol. The maximum absolute atomic E-state index is 10.0. The Morgan fingerprint density at radius 2 is 2.06 bits per heavy atom. The number of halogens is 1. The van der Waals surface area contributed by atoms with Crippen molar-refractivity contribution in [1.29, 1.82) is 0 Å². The number of H-pyrrole nitrogens is 1. The van der Waals surface area contributed by atoms with Crippen molar-refractivity contribution >= 4 is 22.5 Å². The number of hydrogen-bond acceptors (Lipinski definition) is 2. The number of hydrogen-bond donors (Lipinski definition) is 3. The molecule has 0 spiro atoms. The molecular weight excluding hydrogens is 226 g/mol. The lowest BCUT2D eigenvalue weighted by atomic mass is 9.99. The van der Waals surface area contributed by atoms with E-state index in [-0.39, 0.29) is 0 Å². The third-order valence-electron chi connectivity index (χ3n) is 2.72. The van der Waals surface area contributed by atoms with Crippen LogP contribution >= 0.6 is 11.6 Å². The maximum atomic E-state index is 10.0. The summed E-state index contributed by atoms with van der Waals surface area (Å²) in [7, 11) is 0. The Balaban J connectivity index is 2.35. The van der Waals surface area contributed by atoms with Gasteiger partial charge in [-0.05, 0) is 24.1 Å². The summed E-state index contributed by atoms with van der Waals surface area (Å²) in [5.41, 5.74) is 1.69. The first-order valence-corrected chi connectivity index (χ1v) is 5.75. The van der Waals surface area contributed by atoms with Gasteiger partial charge in [0.15, 0.2) is 0 Å². The summed E-state index contributed by atoms with van der Waals surface area (Å²) >= 11 is 5.55. The maximum Gasteiger partial charge on any atom is 0.106 e. The molecule has 0 saturated heterocycles. The van der Waals surface area contributed by atoms with Gasteiger partial charge in [-0.2, -0.15) is 0 Å². The van der Waals surface area contributed by atoms with Crippen molar-refractivity contribution in [2.24, 2.45) is 0 Å². The highest BCUT2D eigenvalue weighted by Gasteiger charge is 2.19. The van der Waals surface area contributed by atoms with Gasteiger partial charge in [0.05, 0.1) is 6.10 Å². The van der Waals surface area contributed by atoms with Crippen LogP contribution in [0.5, 0.6) is 0 Å². The third kappa shape index (κ3) is 2.07. The second-order valence-corrected chi connectivity index (χ2v) is 4.15. The van der Waals surface area contributed by atoms with Crippen LogP contribution in [0.3, 0.4) is 0 Å². The highest BCUT2D eigenvalue weighted by molar-refractivity contribution is 6.17. The van der Waals surface area contributed by atoms with E-state index in [9.17, 15) is 10.2 Å². The van der Waals surface area contributed by atoms with Gasteiger partial charge in [0.25, 0.3) is 0 Å². The summed E-state index contributed by atoms with van der Waals surface area (Å²) in [5, 5.41) is 20.7. The summed E-state index contributed by atoms with van der Waals surface area (Å²) in [6.45, 7) is 0. The first kappa shape index (κ1) is 11.5. The van der Waals surface area contributed by atoms with E-state index in [1.165, 1.54) is 0 Å². The fourth-order valence-corrected chi connectivity index (χ4v) is 2.07. The molecule has 2 rings (SSSR count). The summed E-state index contributed by atoms with van der Waals surface area (Å²) in [4.78, 5) is 3.07. The number of alkyl halides is 1. The van der Waals surface area contributed by atoms with Crippen LogP contribution in [-0.4, -0.2) is 27.2 Å². The lowest BCUT2D eigenvalue weighted by Gasteiger charge is -2.17. The van der Waals surface area contributed by atoms with Crippen LogP contribution in [0.15, 0.2) is 30.5 Å². The number of rotatable bonds is 4. The smallest absolute Gasteiger partial charge is 0.106 e. The quantitative estimate of drug-likeness (QED) is 0.717. The lowest BCUT2D eigenvalue weighted by Crippen LogP contribution is -2.18. The molecule has 0 bridgehead atoms. The molecule has 2 unspecified atom stereocenters. The molecule has 1 aromatic carbocycles. The van der Waals surface area contributed by atoms with Gasteiger partial charge >= 0.3 is 0 Å². The SMILES string of the molecule is OC(CCCl)C(O)c1cccc2[nH]ccc12. The summed E-state index contributed by atoms with van der Waals surface area (Å²) in [5.74, 6) is 0.335. The van der Waals surface area contributed by atoms with Crippen molar-refractivity contribution in [2.45, 2.75) is 18.6 Å². The molecule has 2 aromatic rings. The topological polar surface area (TPSA) is 56.2 Å². The first-order chi connectivity index (χ1) is 7.74. The average molecular weight is 240 g/mol. The Morgan fingerprint density at radius 1 is 1.25 bits per heavy atom. The molecule has 3 nitrogen and oxygen atoms in total. The van der Waals surface area contributed by atoms with Crippen LogP contribution in [0.4, 0.5) is 0 Å². The molecule has 1 aromatic heterocycles. The van der Waals surface area contributed by atoms with E-state index >= 15 is 0 Å². The number of aromatic nitrogens is 1. The summed E-state index contributed by atoms with van der Waals surface area (Å²) in [6, 6.07) is 7.49. The number of fused-ring (bicyclic) bond motifs is 1. The van der Waals surface area contributed by atoms with E-state index in [1.54, 1.807) is 0 Å². The Labute approximate surface area is 98.7 Å². The Morgan fingerprint density at radius 3 is 2.81 bits per heavy atom. The Hall–Kier alpha value is -1.03. The molecule has 0 fully saturated rings. The normalized spacial score (nSPS) is 15.2. The molecule has 0 aliphatic rings. The van der Waals surface area contributed by atoms with Crippen molar-refractivity contribution in [1.82, 2.24) is 4.98 Å². The molecule has 0 radical (unpaired) electrons. The van der Waals surface area contributed by atoms with Gasteiger partial charge in [-0.3, -0.25) is 0 Å². The minimum Gasteiger partial charge on any atom is -0.390 e. The molecule has 1 heterocycles. The molecule has 0 aliphatic carbocycles. The van der Waals surface area contributed by atoms with Gasteiger partial charge in [-0.15, -0.1) is 11.6 Å². The molecule has 0 saturated carbocycles. The van der Waals surface area contributed by atoms with Crippen molar-refractivity contribution in [3.8, 4) is 0 Å². The predicted octanol–water partition coefficient (Wildman–Crippen LogP) is 2.19. The molecular formula is C12H14ClNO2. The van der Waals surface area contributed by atoms with E-state index in [0.29, 0.717) is 12.3 Å². The molecule has 3 N–H and O–H groups in total. The zero-order valence-electron chi connectivity index (χ0n) is 8.73. The zero-order valence-corrected chi connectivity index (χ0v) is 9.48. The number of nitrogens with one attached hydrogen (secondary N) is 1. The summed E-state index contributed by atoms with van der Waals surface area (Å²) < 4.78 is 0. The van der Waals surface area contributed by atoms with Crippen molar-refractivity contribution in [3.63, 3.8) is 0 Å². The second kappa shape index (κ2) is 4.87. The number of benzene rings is 1. The second-order valence-electron chi connectivity index (χ2n) is 3.78. The van der Waals surface area contributed by atoms with Gasteiger partial charge in [-0.1, -0.05) is 12.1 Å². The van der Waals surface area contributed by atoms with E-state index in [0.717, 1.165) is 16.5 Å². The fraction of sp³-hybridized carbons (Fsp3) is 0.333. The van der Waals surface area contributed by atoms with Gasteiger partial charge in [0.1, 0.15) is 6.10 Å². The zero-order chi connectivity index (χ0) is 11.5. The highest BCUT2D eigenvalue weighted by Crippen LogP contribution is 2.26. The summed E-state index contributed by atoms with van der Waals surface area (Å²) in [6.07, 6.45) is 0.481. The van der Waals surface area contributed by atoms with E-state index in [1.807, 2.05) is 30.5 Å². The van der Waals surface area contributed by atoms with Crippen molar-refractivity contribution < 1.29 is 10.2 Å². The van der Waals surface area contributed by atoms with Gasteiger partial charge in [0.2, 0.25) is 0 Å². The van der Waals surface area contributed by atoms with E-state index in [2.05, 4.69) is 4.98 Å². The third-order valence-corrected chi connectivity index (χ3v) is 2.93. The van der Waals surface area contributed by atoms with E-state index < -0.39 is 12.2 Å². The van der Waals surface area contributed by atoms with Crippen LogP contribution in [0.1, 0.15) is 18.1 Å². The van der Waals surface area contributed by atoms with Gasteiger partial charge < -0.3 is 15.2 Å². The Kier molecular flexibility index (Phi) is 3.49. The first-order valence-electron chi connectivity index (χ1n) is 5.22.